The van der Waals surface area contributed by atoms with Crippen LogP contribution in [0.2, 0.25) is 0 Å². The van der Waals surface area contributed by atoms with E-state index in [-0.39, 0.29) is 17.0 Å². The van der Waals surface area contributed by atoms with Crippen molar-refractivity contribution >= 4 is 0 Å². The van der Waals surface area contributed by atoms with E-state index in [1.807, 2.05) is 0 Å². The van der Waals surface area contributed by atoms with Crippen molar-refractivity contribution in [2.75, 3.05) is 19.8 Å². The number of benzene rings is 1. The molecule has 0 aromatic heterocycles. The molecule has 19 heavy (non-hydrogen) atoms. The van der Waals surface area contributed by atoms with Crippen molar-refractivity contribution in [3.63, 3.8) is 0 Å². The van der Waals surface area contributed by atoms with Gasteiger partial charge in [0.05, 0.1) is 0 Å². The minimum absolute atomic E-state index is 0.123. The van der Waals surface area contributed by atoms with Crippen LogP contribution in [0.4, 0.5) is 8.78 Å². The van der Waals surface area contributed by atoms with Gasteiger partial charge < -0.3 is 10.1 Å². The highest BCUT2D eigenvalue weighted by molar-refractivity contribution is 5.22. The maximum absolute atomic E-state index is 13.7. The summed E-state index contributed by atoms with van der Waals surface area (Å²) in [6, 6.07) is 3.65. The van der Waals surface area contributed by atoms with Crippen LogP contribution in [0.15, 0.2) is 18.2 Å². The number of nitrogens with one attached hydrogen (secondary N) is 1. The molecule has 1 aromatic carbocycles. The molecule has 106 valence electrons. The smallest absolute Gasteiger partial charge is 0.130 e. The van der Waals surface area contributed by atoms with Gasteiger partial charge in [0.1, 0.15) is 11.6 Å². The largest absolute Gasteiger partial charge is 0.381 e. The fourth-order valence-electron chi connectivity index (χ4n) is 2.47. The highest BCUT2D eigenvalue weighted by atomic mass is 19.1. The van der Waals surface area contributed by atoms with Gasteiger partial charge in [0.2, 0.25) is 0 Å². The lowest BCUT2D eigenvalue weighted by atomic mass is 9.82. The number of ether oxygens (including phenoxy) is 1. The van der Waals surface area contributed by atoms with E-state index < -0.39 is 11.6 Å². The maximum atomic E-state index is 13.7. The van der Waals surface area contributed by atoms with E-state index in [1.54, 1.807) is 6.92 Å². The van der Waals surface area contributed by atoms with Crippen LogP contribution in [0.5, 0.6) is 0 Å². The Morgan fingerprint density at radius 3 is 2.42 bits per heavy atom. The number of halogens is 2. The maximum Gasteiger partial charge on any atom is 0.130 e. The van der Waals surface area contributed by atoms with Gasteiger partial charge in [-0.3, -0.25) is 0 Å². The molecule has 2 nitrogen and oxygen atoms in total. The first kappa shape index (κ1) is 14.4. The Bertz CT molecular complexity index is 410. The van der Waals surface area contributed by atoms with E-state index in [9.17, 15) is 8.78 Å². The van der Waals surface area contributed by atoms with Gasteiger partial charge in [-0.1, -0.05) is 13.0 Å². The van der Waals surface area contributed by atoms with Crippen LogP contribution in [-0.2, 0) is 4.74 Å². The van der Waals surface area contributed by atoms with Crippen LogP contribution in [0.3, 0.4) is 0 Å². The lowest BCUT2D eigenvalue weighted by Crippen LogP contribution is -2.38. The Kier molecular flexibility index (Phi) is 4.53. The van der Waals surface area contributed by atoms with Gasteiger partial charge in [-0.2, -0.15) is 0 Å². The van der Waals surface area contributed by atoms with E-state index in [1.165, 1.54) is 18.2 Å². The zero-order chi connectivity index (χ0) is 13.9. The first-order valence-electron chi connectivity index (χ1n) is 6.77. The molecule has 1 aliphatic rings. The second-order valence-corrected chi connectivity index (χ2v) is 5.66. The van der Waals surface area contributed by atoms with Crippen LogP contribution < -0.4 is 5.32 Å². The van der Waals surface area contributed by atoms with Gasteiger partial charge in [0.15, 0.2) is 0 Å². The first-order chi connectivity index (χ1) is 9.02. The summed E-state index contributed by atoms with van der Waals surface area (Å²) in [5.74, 6) is -0.978. The third kappa shape index (κ3) is 3.51. The molecular weight excluding hydrogens is 248 g/mol. The monoisotopic (exact) mass is 269 g/mol. The Morgan fingerprint density at radius 2 is 1.84 bits per heavy atom. The van der Waals surface area contributed by atoms with E-state index in [4.69, 9.17) is 4.74 Å². The number of hydrogen-bond acceptors (Lipinski definition) is 2. The average molecular weight is 269 g/mol. The SMILES string of the molecule is CC(NCC1(C)CCOCC1)c1c(F)cccc1F. The Labute approximate surface area is 113 Å². The van der Waals surface area contributed by atoms with Crippen LogP contribution in [0.1, 0.15) is 38.3 Å². The zero-order valence-corrected chi connectivity index (χ0v) is 11.5. The predicted molar refractivity (Wildman–Crippen MR) is 70.9 cm³/mol. The van der Waals surface area contributed by atoms with Crippen molar-refractivity contribution in [2.24, 2.45) is 5.41 Å². The minimum Gasteiger partial charge on any atom is -0.381 e. The molecule has 1 N–H and O–H groups in total. The fraction of sp³-hybridized carbons (Fsp3) is 0.600. The first-order valence-corrected chi connectivity index (χ1v) is 6.77. The molecule has 0 saturated carbocycles. The summed E-state index contributed by atoms with van der Waals surface area (Å²) in [7, 11) is 0. The van der Waals surface area contributed by atoms with Crippen molar-refractivity contribution in [2.45, 2.75) is 32.7 Å². The fourth-order valence-corrected chi connectivity index (χ4v) is 2.47. The quantitative estimate of drug-likeness (QED) is 0.904. The van der Waals surface area contributed by atoms with Crippen molar-refractivity contribution in [1.29, 1.82) is 0 Å². The summed E-state index contributed by atoms with van der Waals surface area (Å²) in [5.41, 5.74) is 0.270. The van der Waals surface area contributed by atoms with Crippen molar-refractivity contribution in [3.05, 3.63) is 35.4 Å². The molecule has 1 heterocycles. The van der Waals surface area contributed by atoms with E-state index in [2.05, 4.69) is 12.2 Å². The summed E-state index contributed by atoms with van der Waals surface area (Å²) in [5, 5.41) is 3.26. The Morgan fingerprint density at radius 1 is 1.26 bits per heavy atom. The molecule has 1 saturated heterocycles. The third-order valence-corrected chi connectivity index (χ3v) is 3.97. The molecule has 1 fully saturated rings. The highest BCUT2D eigenvalue weighted by Crippen LogP contribution is 2.30. The van der Waals surface area contributed by atoms with Gasteiger partial charge in [-0.15, -0.1) is 0 Å². The van der Waals surface area contributed by atoms with Crippen LogP contribution in [-0.4, -0.2) is 19.8 Å². The zero-order valence-electron chi connectivity index (χ0n) is 11.5. The molecule has 2 rings (SSSR count). The lowest BCUT2D eigenvalue weighted by molar-refractivity contribution is 0.0230. The summed E-state index contributed by atoms with van der Waals surface area (Å²) in [4.78, 5) is 0. The number of hydrogen-bond donors (Lipinski definition) is 1. The molecule has 1 atom stereocenters. The van der Waals surface area contributed by atoms with Crippen LogP contribution in [0, 0.1) is 17.0 Å². The van der Waals surface area contributed by atoms with Crippen molar-refractivity contribution in [3.8, 4) is 0 Å². The normalized spacial score (nSPS) is 20.2. The molecule has 0 spiro atoms. The highest BCUT2D eigenvalue weighted by Gasteiger charge is 2.28. The summed E-state index contributed by atoms with van der Waals surface area (Å²) in [6.45, 7) is 6.25. The van der Waals surface area contributed by atoms with Crippen molar-refractivity contribution < 1.29 is 13.5 Å². The molecule has 0 amide bonds. The number of rotatable bonds is 4. The van der Waals surface area contributed by atoms with Crippen LogP contribution in [0.25, 0.3) is 0 Å². The van der Waals surface area contributed by atoms with Gasteiger partial charge in [-0.25, -0.2) is 8.78 Å². The summed E-state index contributed by atoms with van der Waals surface area (Å²) >= 11 is 0. The molecule has 0 aliphatic carbocycles. The summed E-state index contributed by atoms with van der Waals surface area (Å²) < 4.78 is 32.7. The molecule has 1 aromatic rings. The lowest BCUT2D eigenvalue weighted by Gasteiger charge is -2.34. The van der Waals surface area contributed by atoms with Crippen LogP contribution >= 0.6 is 0 Å². The predicted octanol–water partition coefficient (Wildman–Crippen LogP) is 3.43. The molecule has 0 bridgehead atoms. The topological polar surface area (TPSA) is 21.3 Å². The van der Waals surface area contributed by atoms with Gasteiger partial charge >= 0.3 is 0 Å². The third-order valence-electron chi connectivity index (χ3n) is 3.97. The molecule has 4 heteroatoms. The van der Waals surface area contributed by atoms with E-state index >= 15 is 0 Å². The average Bonchev–Trinajstić information content (AvgIpc) is 2.37. The second kappa shape index (κ2) is 5.97. The molecule has 0 radical (unpaired) electrons. The minimum atomic E-state index is -0.489. The van der Waals surface area contributed by atoms with Gasteiger partial charge in [-0.05, 0) is 37.3 Å². The molecule has 1 unspecified atom stereocenters. The van der Waals surface area contributed by atoms with E-state index in [0.717, 1.165) is 32.6 Å². The molecule has 1 aliphatic heterocycles. The molecular formula is C15H21F2NO. The summed E-state index contributed by atoms with van der Waals surface area (Å²) in [6.07, 6.45) is 1.96. The second-order valence-electron chi connectivity index (χ2n) is 5.66. The van der Waals surface area contributed by atoms with Gasteiger partial charge in [0.25, 0.3) is 0 Å². The Hall–Kier alpha value is -1.00. The standard InChI is InChI=1S/C15H21F2NO/c1-11(14-12(16)4-3-5-13(14)17)18-10-15(2)6-8-19-9-7-15/h3-5,11,18H,6-10H2,1-2H3. The Balaban J connectivity index is 1.99. The van der Waals surface area contributed by atoms with E-state index in [0.29, 0.717) is 0 Å². The van der Waals surface area contributed by atoms with Crippen molar-refractivity contribution in [1.82, 2.24) is 5.32 Å². The van der Waals surface area contributed by atoms with Gasteiger partial charge in [0, 0.05) is 31.4 Å².